The van der Waals surface area contributed by atoms with Gasteiger partial charge in [-0.2, -0.15) is 0 Å². The maximum absolute atomic E-state index is 7.51. The van der Waals surface area contributed by atoms with Crippen molar-refractivity contribution in [3.63, 3.8) is 0 Å². The monoisotopic (exact) mass is 842 g/mol. The Kier molecular flexibility index (Phi) is 7.05. The van der Waals surface area contributed by atoms with Crippen LogP contribution < -0.4 is 15.9 Å². The highest BCUT2D eigenvalue weighted by atomic mass is 32.1. The maximum Gasteiger partial charge on any atom is 0.376 e. The number of fused-ring (bicyclic) bond motifs is 18. The minimum absolute atomic E-state index is 0.00680. The van der Waals surface area contributed by atoms with Gasteiger partial charge in [0, 0.05) is 58.7 Å². The highest BCUT2D eigenvalue weighted by Crippen LogP contribution is 2.54. The van der Waals surface area contributed by atoms with Crippen LogP contribution >= 0.6 is 11.3 Å². The fraction of sp³-hybridized carbons (Fsp3) is 0.138. The summed E-state index contributed by atoms with van der Waals surface area (Å²) in [6, 6.07) is 56.3. The SMILES string of the molecule is CC(C)(C)c1ccc(N2B3c4oc5cc(-c6ccccc6)ccc5c4-n4c5ccc(C(C)(C)C)cc5c5c6oc7ccccc7c6c(c3c54)-c3cc4sc5ccccc5c4cc32)cc1. The fourth-order valence-electron chi connectivity index (χ4n) is 11.2. The van der Waals surface area contributed by atoms with Gasteiger partial charge in [0.25, 0.3) is 0 Å². The van der Waals surface area contributed by atoms with E-state index in [1.165, 1.54) is 75.4 Å². The predicted molar refractivity (Wildman–Crippen MR) is 273 cm³/mol. The Balaban J connectivity index is 1.22. The minimum atomic E-state index is -0.299. The van der Waals surface area contributed by atoms with E-state index < -0.39 is 0 Å². The fourth-order valence-corrected chi connectivity index (χ4v) is 12.3. The summed E-state index contributed by atoms with van der Waals surface area (Å²) < 4.78 is 19.8. The number of benzene rings is 8. The molecule has 0 unspecified atom stereocenters. The first-order valence-electron chi connectivity index (χ1n) is 22.4. The molecule has 64 heavy (non-hydrogen) atoms. The lowest BCUT2D eigenvalue weighted by Crippen LogP contribution is -2.60. The second-order valence-corrected chi connectivity index (χ2v) is 21.1. The summed E-state index contributed by atoms with van der Waals surface area (Å²) >= 11 is 1.88. The van der Waals surface area contributed by atoms with E-state index in [0.29, 0.717) is 0 Å². The van der Waals surface area contributed by atoms with Gasteiger partial charge in [-0.3, -0.25) is 0 Å². The molecule has 6 heterocycles. The minimum Gasteiger partial charge on any atom is -0.466 e. The first kappa shape index (κ1) is 36.5. The van der Waals surface area contributed by atoms with Gasteiger partial charge in [-0.25, -0.2) is 0 Å². The molecular formula is C58H43BN2O2S. The normalized spacial score (nSPS) is 13.7. The molecular weight excluding hydrogens is 800 g/mol. The smallest absolute Gasteiger partial charge is 0.376 e. The molecule has 0 fully saturated rings. The average Bonchev–Trinajstić information content (AvgIpc) is 4.06. The van der Waals surface area contributed by atoms with Crippen molar-refractivity contribution in [2.75, 3.05) is 4.81 Å². The molecule has 6 heteroatoms. The van der Waals surface area contributed by atoms with E-state index >= 15 is 0 Å². The van der Waals surface area contributed by atoms with Crippen LogP contribution in [-0.4, -0.2) is 11.4 Å². The highest BCUT2D eigenvalue weighted by molar-refractivity contribution is 7.25. The lowest BCUT2D eigenvalue weighted by molar-refractivity contribution is 0.590. The molecule has 12 aromatic rings. The molecule has 2 aliphatic heterocycles. The number of rotatable bonds is 2. The highest BCUT2D eigenvalue weighted by Gasteiger charge is 2.49. The van der Waals surface area contributed by atoms with Gasteiger partial charge in [-0.15, -0.1) is 11.3 Å². The van der Waals surface area contributed by atoms with E-state index in [9.17, 15) is 0 Å². The molecule has 2 aliphatic rings. The third-order valence-electron chi connectivity index (χ3n) is 14.3. The quantitative estimate of drug-likeness (QED) is 0.163. The van der Waals surface area contributed by atoms with Crippen molar-refractivity contribution in [2.45, 2.75) is 52.4 Å². The van der Waals surface area contributed by atoms with Crippen LogP contribution in [0.3, 0.4) is 0 Å². The Labute approximate surface area is 375 Å². The lowest BCUT2D eigenvalue weighted by Gasteiger charge is -2.40. The third-order valence-corrected chi connectivity index (χ3v) is 15.4. The summed E-state index contributed by atoms with van der Waals surface area (Å²) in [7, 11) is 0. The van der Waals surface area contributed by atoms with E-state index in [2.05, 4.69) is 203 Å². The zero-order valence-corrected chi connectivity index (χ0v) is 37.4. The molecule has 4 nitrogen and oxygen atoms in total. The van der Waals surface area contributed by atoms with Crippen molar-refractivity contribution in [1.29, 1.82) is 0 Å². The van der Waals surface area contributed by atoms with Crippen molar-refractivity contribution in [1.82, 2.24) is 4.57 Å². The molecule has 0 spiro atoms. The number of hydrogen-bond acceptors (Lipinski definition) is 4. The van der Waals surface area contributed by atoms with Gasteiger partial charge in [0.2, 0.25) is 0 Å². The van der Waals surface area contributed by atoms with E-state index in [1.54, 1.807) is 0 Å². The molecule has 0 saturated carbocycles. The molecule has 0 aliphatic carbocycles. The van der Waals surface area contributed by atoms with Crippen molar-refractivity contribution in [2.24, 2.45) is 0 Å². The standard InChI is InChI=1S/C58H43BN2O2S/c1-57(2,3)34-21-24-36(25-22-34)61-44-30-40-37-16-11-13-19-47(37)64-48(40)31-42(44)49-50-38-17-10-12-18-45(38)62-55(50)51-41-29-35(58(4,5)6)23-27-43(41)60-53-39-26-20-33(32-14-8-7-9-15-32)28-46(39)63-56(53)59(61)52(49)54(51)60/h7-31H,1-6H3. The van der Waals surface area contributed by atoms with E-state index in [-0.39, 0.29) is 17.7 Å². The molecule has 0 atom stereocenters. The summed E-state index contributed by atoms with van der Waals surface area (Å²) in [5.74, 6) is 0. The zero-order valence-electron chi connectivity index (χ0n) is 36.6. The van der Waals surface area contributed by atoms with E-state index in [4.69, 9.17) is 8.83 Å². The lowest BCUT2D eigenvalue weighted by atomic mass is 9.46. The number of anilines is 2. The van der Waals surface area contributed by atoms with Gasteiger partial charge in [0.05, 0.1) is 22.1 Å². The molecule has 0 N–H and O–H groups in total. The van der Waals surface area contributed by atoms with Crippen LogP contribution in [0.1, 0.15) is 52.7 Å². The van der Waals surface area contributed by atoms with Gasteiger partial charge >= 0.3 is 6.85 Å². The molecule has 4 aromatic heterocycles. The molecule has 0 saturated heterocycles. The van der Waals surface area contributed by atoms with E-state index in [0.717, 1.165) is 61.0 Å². The Bertz CT molecular complexity index is 3980. The van der Waals surface area contributed by atoms with Crippen molar-refractivity contribution >= 4 is 116 Å². The number of hydrogen-bond donors (Lipinski definition) is 0. The summed E-state index contributed by atoms with van der Waals surface area (Å²) in [4.78, 5) is 2.60. The first-order valence-corrected chi connectivity index (χ1v) is 23.3. The average molecular weight is 843 g/mol. The molecule has 0 radical (unpaired) electrons. The number of para-hydroxylation sites is 1. The van der Waals surface area contributed by atoms with Crippen LogP contribution in [0.15, 0.2) is 160 Å². The van der Waals surface area contributed by atoms with Crippen molar-refractivity contribution < 1.29 is 8.83 Å². The summed E-state index contributed by atoms with van der Waals surface area (Å²) in [5.41, 5.74) is 17.9. The van der Waals surface area contributed by atoms with Crippen LogP contribution in [0.25, 0.3) is 103 Å². The second-order valence-electron chi connectivity index (χ2n) is 20.1. The van der Waals surface area contributed by atoms with Crippen molar-refractivity contribution in [3.05, 3.63) is 163 Å². The van der Waals surface area contributed by atoms with Gasteiger partial charge in [-0.05, 0) is 105 Å². The topological polar surface area (TPSA) is 34.5 Å². The largest absolute Gasteiger partial charge is 0.466 e. The summed E-state index contributed by atoms with van der Waals surface area (Å²) in [6.07, 6.45) is 0. The van der Waals surface area contributed by atoms with Crippen LogP contribution in [0, 0.1) is 0 Å². The maximum atomic E-state index is 7.51. The molecule has 8 aromatic carbocycles. The van der Waals surface area contributed by atoms with Crippen LogP contribution in [0.4, 0.5) is 11.4 Å². The Morgan fingerprint density at radius 3 is 2.06 bits per heavy atom. The van der Waals surface area contributed by atoms with Crippen LogP contribution in [0.2, 0.25) is 0 Å². The number of nitrogens with zero attached hydrogens (tertiary/aromatic N) is 2. The number of furan rings is 2. The first-order chi connectivity index (χ1) is 31.0. The van der Waals surface area contributed by atoms with Gasteiger partial charge in [-0.1, -0.05) is 133 Å². The van der Waals surface area contributed by atoms with Crippen LogP contribution in [-0.2, 0) is 10.8 Å². The second kappa shape index (κ2) is 12.4. The van der Waals surface area contributed by atoms with Gasteiger partial charge in [0.1, 0.15) is 22.4 Å². The van der Waals surface area contributed by atoms with Gasteiger partial charge in [0.15, 0.2) is 0 Å². The zero-order chi connectivity index (χ0) is 43.0. The number of thiophene rings is 1. The van der Waals surface area contributed by atoms with Gasteiger partial charge < -0.3 is 18.2 Å². The Morgan fingerprint density at radius 2 is 1.27 bits per heavy atom. The molecule has 306 valence electrons. The molecule has 0 bridgehead atoms. The predicted octanol–water partition coefficient (Wildman–Crippen LogP) is 15.3. The summed E-state index contributed by atoms with van der Waals surface area (Å²) in [6.45, 7) is 13.5. The summed E-state index contributed by atoms with van der Waals surface area (Å²) in [5, 5.41) is 8.30. The van der Waals surface area contributed by atoms with Crippen LogP contribution in [0.5, 0.6) is 0 Å². The molecule has 14 rings (SSSR count). The Hall–Kier alpha value is -7.02. The number of aromatic nitrogens is 1. The van der Waals surface area contributed by atoms with E-state index in [1.807, 2.05) is 11.3 Å². The Morgan fingerprint density at radius 1 is 0.531 bits per heavy atom. The van der Waals surface area contributed by atoms with Crippen molar-refractivity contribution in [3.8, 4) is 27.9 Å². The molecule has 0 amide bonds. The third kappa shape index (κ3) is 4.79.